The summed E-state index contributed by atoms with van der Waals surface area (Å²) in [5.41, 5.74) is 0.00678. The molecule has 32 heavy (non-hydrogen) atoms. The molecule has 4 atom stereocenters. The highest BCUT2D eigenvalue weighted by Crippen LogP contribution is 2.52. The van der Waals surface area contributed by atoms with Crippen molar-refractivity contribution in [1.29, 1.82) is 0 Å². The number of phosphoric ester groups is 1. The van der Waals surface area contributed by atoms with Crippen LogP contribution in [0.15, 0.2) is 43.5 Å². The van der Waals surface area contributed by atoms with Crippen LogP contribution in [0.5, 0.6) is 0 Å². The Hall–Kier alpha value is -2.57. The molecule has 3 rings (SSSR count). The molecule has 0 aliphatic carbocycles. The smallest absolute Gasteiger partial charge is 0.381 e. The van der Waals surface area contributed by atoms with Crippen LogP contribution in [-0.2, 0) is 18.3 Å². The van der Waals surface area contributed by atoms with Crippen molar-refractivity contribution in [3.8, 4) is 0 Å². The Morgan fingerprint density at radius 1 is 1.12 bits per heavy atom. The third kappa shape index (κ3) is 6.24. The van der Waals surface area contributed by atoms with E-state index in [0.29, 0.717) is 19.1 Å². The summed E-state index contributed by atoms with van der Waals surface area (Å²) in [6, 6.07) is 3.01. The molecule has 2 heterocycles. The summed E-state index contributed by atoms with van der Waals surface area (Å²) in [5, 5.41) is 7.81. The van der Waals surface area contributed by atoms with E-state index in [1.54, 1.807) is 0 Å². The first kappa shape index (κ1) is 24.1. The van der Waals surface area contributed by atoms with Gasteiger partial charge in [-0.15, -0.1) is 0 Å². The van der Waals surface area contributed by atoms with E-state index in [-0.39, 0.29) is 12.2 Å². The average Bonchev–Trinajstić information content (AvgIpc) is 3.44. The van der Waals surface area contributed by atoms with Gasteiger partial charge in [-0.1, -0.05) is 13.0 Å². The number of aromatic nitrogens is 6. The van der Waals surface area contributed by atoms with Crippen LogP contribution in [0.25, 0.3) is 0 Å². The molecule has 3 aromatic rings. The van der Waals surface area contributed by atoms with E-state index in [0.717, 1.165) is 10.7 Å². The summed E-state index contributed by atoms with van der Waals surface area (Å²) in [6.45, 7) is 3.59. The first-order valence-corrected chi connectivity index (χ1v) is 11.2. The number of halogens is 2. The van der Waals surface area contributed by atoms with Crippen molar-refractivity contribution in [3.05, 3.63) is 60.7 Å². The van der Waals surface area contributed by atoms with Crippen molar-refractivity contribution in [2.75, 3.05) is 13.2 Å². The van der Waals surface area contributed by atoms with Crippen LogP contribution in [0, 0.1) is 11.6 Å². The zero-order chi connectivity index (χ0) is 23.1. The Bertz CT molecular complexity index is 1020. The van der Waals surface area contributed by atoms with Crippen molar-refractivity contribution in [1.82, 2.24) is 29.5 Å². The van der Waals surface area contributed by atoms with E-state index in [1.807, 2.05) is 6.92 Å². The van der Waals surface area contributed by atoms with Gasteiger partial charge in [0.25, 0.3) is 0 Å². The van der Waals surface area contributed by atoms with Gasteiger partial charge in [0.05, 0.1) is 12.5 Å². The summed E-state index contributed by atoms with van der Waals surface area (Å²) < 4.78 is 59.5. The maximum absolute atomic E-state index is 14.7. The van der Waals surface area contributed by atoms with Gasteiger partial charge in [-0.3, -0.25) is 9.05 Å². The molecule has 14 heteroatoms. The molecule has 11 nitrogen and oxygen atoms in total. The molecule has 0 aliphatic heterocycles. The predicted molar refractivity (Wildman–Crippen MR) is 106 cm³/mol. The number of rotatable bonds is 12. The maximum atomic E-state index is 14.7. The molecule has 0 radical (unpaired) electrons. The summed E-state index contributed by atoms with van der Waals surface area (Å²) >= 11 is 0. The fraction of sp³-hybridized carbons (Fsp3) is 0.444. The van der Waals surface area contributed by atoms with Crippen molar-refractivity contribution < 1.29 is 32.0 Å². The second-order valence-electron chi connectivity index (χ2n) is 6.77. The molecular weight excluding hydrogens is 449 g/mol. The highest BCUT2D eigenvalue weighted by molar-refractivity contribution is 7.47. The number of phosphoric acid groups is 1. The van der Waals surface area contributed by atoms with E-state index in [1.165, 1.54) is 43.0 Å². The molecule has 1 N–H and O–H groups in total. The van der Waals surface area contributed by atoms with Crippen LogP contribution >= 0.6 is 7.82 Å². The second kappa shape index (κ2) is 10.8. The van der Waals surface area contributed by atoms with Crippen molar-refractivity contribution in [2.45, 2.75) is 38.6 Å². The van der Waals surface area contributed by atoms with E-state index in [4.69, 9.17) is 13.8 Å². The van der Waals surface area contributed by atoms with Crippen LogP contribution in [0.4, 0.5) is 8.78 Å². The molecule has 0 spiro atoms. The largest absolute Gasteiger partial charge is 0.476 e. The molecule has 0 saturated heterocycles. The van der Waals surface area contributed by atoms with E-state index < -0.39 is 37.8 Å². The number of hydrogen-bond acceptors (Lipinski definition) is 8. The molecule has 2 aromatic heterocycles. The van der Waals surface area contributed by atoms with Crippen LogP contribution in [0.1, 0.15) is 44.2 Å². The van der Waals surface area contributed by atoms with Crippen LogP contribution in [-0.4, -0.2) is 47.6 Å². The molecule has 0 aliphatic rings. The second-order valence-corrected chi connectivity index (χ2v) is 8.13. The number of benzene rings is 1. The van der Waals surface area contributed by atoms with Crippen molar-refractivity contribution in [3.63, 3.8) is 0 Å². The zero-order valence-electron chi connectivity index (χ0n) is 17.4. The lowest BCUT2D eigenvalue weighted by molar-refractivity contribution is -0.0125. The molecule has 0 saturated carbocycles. The molecule has 0 bridgehead atoms. The SMILES string of the molecule is CCCOCC(c1ccc(F)cc1F)C(OP(=O)(O)OC(C)n1cncn1)n1cncn1. The van der Waals surface area contributed by atoms with Crippen molar-refractivity contribution >= 4 is 7.82 Å². The Labute approximate surface area is 182 Å². The summed E-state index contributed by atoms with van der Waals surface area (Å²) in [7, 11) is -4.75. The van der Waals surface area contributed by atoms with E-state index >= 15 is 0 Å². The van der Waals surface area contributed by atoms with Gasteiger partial charge in [0.2, 0.25) is 0 Å². The Morgan fingerprint density at radius 2 is 1.81 bits per heavy atom. The molecule has 0 amide bonds. The van der Waals surface area contributed by atoms with Gasteiger partial charge in [-0.2, -0.15) is 10.2 Å². The monoisotopic (exact) mass is 472 g/mol. The van der Waals surface area contributed by atoms with Gasteiger partial charge in [-0.05, 0) is 25.0 Å². The summed E-state index contributed by atoms with van der Waals surface area (Å²) in [4.78, 5) is 18.0. The van der Waals surface area contributed by atoms with Crippen molar-refractivity contribution in [2.24, 2.45) is 0 Å². The fourth-order valence-corrected chi connectivity index (χ4v) is 3.99. The maximum Gasteiger partial charge on any atom is 0.476 e. The first-order valence-electron chi connectivity index (χ1n) is 9.71. The lowest BCUT2D eigenvalue weighted by Gasteiger charge is -2.29. The summed E-state index contributed by atoms with van der Waals surface area (Å²) in [6.07, 6.45) is 3.27. The molecule has 174 valence electrons. The minimum absolute atomic E-state index is 0.00678. The lowest BCUT2D eigenvalue weighted by atomic mass is 9.97. The standard InChI is InChI=1S/C18H23F2N6O5P/c1-3-6-29-8-16(15-5-4-14(19)7-17(15)20)18(26-12-22-10-24-26)31-32(27,28)30-13(2)25-11-21-9-23-25/h4-5,7,9-13,16,18H,3,6,8H2,1-2H3,(H,27,28). The van der Waals surface area contributed by atoms with Gasteiger partial charge in [-0.25, -0.2) is 32.7 Å². The van der Waals surface area contributed by atoms with Gasteiger partial charge < -0.3 is 9.63 Å². The van der Waals surface area contributed by atoms with Gasteiger partial charge in [0, 0.05) is 12.7 Å². The molecule has 1 aromatic carbocycles. The number of ether oxygens (including phenoxy) is 1. The van der Waals surface area contributed by atoms with Gasteiger partial charge in [0.1, 0.15) is 36.9 Å². The minimum atomic E-state index is -4.75. The topological polar surface area (TPSA) is 126 Å². The third-order valence-corrected chi connectivity index (χ3v) is 5.44. The third-order valence-electron chi connectivity index (χ3n) is 4.39. The average molecular weight is 472 g/mol. The van der Waals surface area contributed by atoms with Gasteiger partial charge >= 0.3 is 7.82 Å². The highest BCUT2D eigenvalue weighted by atomic mass is 31.2. The molecule has 0 fully saturated rings. The van der Waals surface area contributed by atoms with E-state index in [2.05, 4.69) is 20.2 Å². The Morgan fingerprint density at radius 3 is 2.41 bits per heavy atom. The molecular formula is C18H23F2N6O5P. The normalized spacial score (nSPS) is 16.4. The highest BCUT2D eigenvalue weighted by Gasteiger charge is 2.37. The number of hydrogen-bond donors (Lipinski definition) is 1. The Kier molecular flexibility index (Phi) is 8.15. The Balaban J connectivity index is 1.92. The van der Waals surface area contributed by atoms with E-state index in [9.17, 15) is 18.2 Å². The molecule has 4 unspecified atom stereocenters. The quantitative estimate of drug-likeness (QED) is 0.312. The predicted octanol–water partition coefficient (Wildman–Crippen LogP) is 3.21. The van der Waals surface area contributed by atoms with Crippen LogP contribution < -0.4 is 0 Å². The lowest BCUT2D eigenvalue weighted by Crippen LogP contribution is -2.26. The van der Waals surface area contributed by atoms with Crippen LogP contribution in [0.2, 0.25) is 0 Å². The zero-order valence-corrected chi connectivity index (χ0v) is 18.3. The number of nitrogens with zero attached hydrogens (tertiary/aromatic N) is 6. The minimum Gasteiger partial charge on any atom is -0.381 e. The van der Waals surface area contributed by atoms with Gasteiger partial charge in [0.15, 0.2) is 12.5 Å². The fourth-order valence-electron chi connectivity index (χ4n) is 2.95. The first-order chi connectivity index (χ1) is 15.3. The van der Waals surface area contributed by atoms with Crippen LogP contribution in [0.3, 0.4) is 0 Å². The summed E-state index contributed by atoms with van der Waals surface area (Å²) in [5.74, 6) is -2.63.